The van der Waals surface area contributed by atoms with E-state index < -0.39 is 5.91 Å². The van der Waals surface area contributed by atoms with Gasteiger partial charge in [-0.15, -0.1) is 0 Å². The minimum atomic E-state index is -0.622. The van der Waals surface area contributed by atoms with Crippen LogP contribution < -0.4 is 16.0 Å². The van der Waals surface area contributed by atoms with Gasteiger partial charge in [0, 0.05) is 38.9 Å². The Morgan fingerprint density at radius 2 is 1.91 bits per heavy atom. The van der Waals surface area contributed by atoms with Crippen LogP contribution in [0.15, 0.2) is 30.5 Å². The zero-order valence-electron chi connectivity index (χ0n) is 18.3. The third kappa shape index (κ3) is 4.06. The molecule has 0 radical (unpaired) electrons. The van der Waals surface area contributed by atoms with Crippen molar-refractivity contribution in [3.05, 3.63) is 41.7 Å². The van der Waals surface area contributed by atoms with Crippen LogP contribution in [-0.4, -0.2) is 71.0 Å². The van der Waals surface area contributed by atoms with E-state index in [4.69, 9.17) is 10.7 Å². The molecule has 5 rings (SSSR count). The third-order valence-electron chi connectivity index (χ3n) is 6.63. The molecule has 3 heterocycles. The van der Waals surface area contributed by atoms with Gasteiger partial charge in [-0.05, 0) is 49.3 Å². The van der Waals surface area contributed by atoms with Crippen molar-refractivity contribution < 1.29 is 9.59 Å². The highest BCUT2D eigenvalue weighted by molar-refractivity contribution is 5.96. The lowest BCUT2D eigenvalue weighted by molar-refractivity contribution is 0.0996. The maximum atomic E-state index is 12.4. The van der Waals surface area contributed by atoms with E-state index >= 15 is 0 Å². The molecule has 9 heteroatoms. The maximum absolute atomic E-state index is 12.4. The average molecular weight is 436 g/mol. The summed E-state index contributed by atoms with van der Waals surface area (Å²) in [4.78, 5) is 39.3. The van der Waals surface area contributed by atoms with Crippen LogP contribution in [-0.2, 0) is 0 Å². The fraction of sp³-hybridized carbons (Fsp3) is 0.478. The molecule has 1 aromatic heterocycles. The lowest BCUT2D eigenvalue weighted by Crippen LogP contribution is -2.49. The number of nitrogens with zero attached hydrogens (tertiary/aromatic N) is 5. The molecule has 3 N–H and O–H groups in total. The van der Waals surface area contributed by atoms with Crippen molar-refractivity contribution in [2.45, 2.75) is 37.6 Å². The number of piperidine rings is 1. The van der Waals surface area contributed by atoms with Gasteiger partial charge in [0.15, 0.2) is 11.5 Å². The molecule has 168 valence electrons. The van der Waals surface area contributed by atoms with Crippen molar-refractivity contribution in [3.63, 3.8) is 0 Å². The zero-order chi connectivity index (χ0) is 22.2. The normalized spacial score (nSPS) is 21.2. The van der Waals surface area contributed by atoms with Crippen LogP contribution in [0.1, 0.15) is 47.7 Å². The van der Waals surface area contributed by atoms with Crippen molar-refractivity contribution in [1.82, 2.24) is 19.8 Å². The first-order chi connectivity index (χ1) is 15.5. The Bertz CT molecular complexity index is 1020. The number of carbonyl (C=O) groups excluding carboxylic acids is 2. The summed E-state index contributed by atoms with van der Waals surface area (Å²) in [5.41, 5.74) is 7.85. The SMILES string of the molecule is CN1CCN([C@@H]2CCCN(c3cnc(C(N)=O)c(Nc4ccc(C5CC5)cc4)n3)C2)C1=O. The van der Waals surface area contributed by atoms with Crippen LogP contribution in [0.3, 0.4) is 0 Å². The van der Waals surface area contributed by atoms with Crippen LogP contribution in [0, 0.1) is 0 Å². The van der Waals surface area contributed by atoms with Crippen LogP contribution in [0.4, 0.5) is 22.1 Å². The summed E-state index contributed by atoms with van der Waals surface area (Å²) in [5.74, 6) is 1.09. The topological polar surface area (TPSA) is 108 Å². The molecular formula is C23H29N7O2. The Kier molecular flexibility index (Phi) is 5.32. The molecule has 1 saturated carbocycles. The molecule has 3 fully saturated rings. The first kappa shape index (κ1) is 20.5. The van der Waals surface area contributed by atoms with Crippen molar-refractivity contribution in [1.29, 1.82) is 0 Å². The summed E-state index contributed by atoms with van der Waals surface area (Å²) in [5, 5.41) is 3.23. The Morgan fingerprint density at radius 3 is 2.56 bits per heavy atom. The fourth-order valence-electron chi connectivity index (χ4n) is 4.62. The van der Waals surface area contributed by atoms with Crippen molar-refractivity contribution in [3.8, 4) is 0 Å². The van der Waals surface area contributed by atoms with E-state index in [1.54, 1.807) is 11.1 Å². The number of aromatic nitrogens is 2. The number of benzene rings is 1. The molecule has 1 atom stereocenters. The second-order valence-corrected chi connectivity index (χ2v) is 8.95. The summed E-state index contributed by atoms with van der Waals surface area (Å²) < 4.78 is 0. The smallest absolute Gasteiger partial charge is 0.320 e. The number of hydrogen-bond acceptors (Lipinski definition) is 6. The number of anilines is 3. The van der Waals surface area contributed by atoms with Gasteiger partial charge in [0.1, 0.15) is 5.82 Å². The van der Waals surface area contributed by atoms with E-state index in [0.29, 0.717) is 24.1 Å². The molecule has 2 saturated heterocycles. The second kappa shape index (κ2) is 8.29. The molecule has 0 unspecified atom stereocenters. The maximum Gasteiger partial charge on any atom is 0.320 e. The first-order valence-electron chi connectivity index (χ1n) is 11.3. The lowest BCUT2D eigenvalue weighted by atomic mass is 10.0. The van der Waals surface area contributed by atoms with Gasteiger partial charge in [-0.3, -0.25) is 4.79 Å². The summed E-state index contributed by atoms with van der Waals surface area (Å²) in [6.07, 6.45) is 6.04. The molecule has 1 aliphatic carbocycles. The lowest BCUT2D eigenvalue weighted by Gasteiger charge is -2.37. The van der Waals surface area contributed by atoms with Crippen LogP contribution in [0.5, 0.6) is 0 Å². The molecule has 1 aromatic carbocycles. The van der Waals surface area contributed by atoms with Gasteiger partial charge in [-0.1, -0.05) is 12.1 Å². The van der Waals surface area contributed by atoms with Gasteiger partial charge in [-0.25, -0.2) is 14.8 Å². The highest BCUT2D eigenvalue weighted by Gasteiger charge is 2.34. The number of amides is 3. The van der Waals surface area contributed by atoms with Gasteiger partial charge < -0.3 is 25.8 Å². The van der Waals surface area contributed by atoms with Gasteiger partial charge in [0.05, 0.1) is 12.2 Å². The minimum Gasteiger partial charge on any atom is -0.364 e. The number of nitrogens with one attached hydrogen (secondary N) is 1. The molecule has 0 bridgehead atoms. The summed E-state index contributed by atoms with van der Waals surface area (Å²) in [6, 6.07) is 8.45. The number of nitrogens with two attached hydrogens (primary N) is 1. The highest BCUT2D eigenvalue weighted by Crippen LogP contribution is 2.40. The fourth-order valence-corrected chi connectivity index (χ4v) is 4.62. The molecule has 9 nitrogen and oxygen atoms in total. The Balaban J connectivity index is 1.36. The van der Waals surface area contributed by atoms with Crippen molar-refractivity contribution in [2.75, 3.05) is 43.4 Å². The van der Waals surface area contributed by atoms with Crippen LogP contribution in [0.2, 0.25) is 0 Å². The Morgan fingerprint density at radius 1 is 1.12 bits per heavy atom. The molecule has 0 spiro atoms. The number of carbonyl (C=O) groups is 2. The van der Waals surface area contributed by atoms with E-state index in [1.807, 2.05) is 24.1 Å². The van der Waals surface area contributed by atoms with Crippen molar-refractivity contribution >= 4 is 29.3 Å². The van der Waals surface area contributed by atoms with Gasteiger partial charge >= 0.3 is 6.03 Å². The van der Waals surface area contributed by atoms with Gasteiger partial charge in [-0.2, -0.15) is 0 Å². The monoisotopic (exact) mass is 435 g/mol. The highest BCUT2D eigenvalue weighted by atomic mass is 16.2. The van der Waals surface area contributed by atoms with E-state index in [1.165, 1.54) is 18.4 Å². The Labute approximate surface area is 187 Å². The van der Waals surface area contributed by atoms with Crippen molar-refractivity contribution in [2.24, 2.45) is 5.73 Å². The average Bonchev–Trinajstić information content (AvgIpc) is 3.60. The number of rotatable bonds is 6. The van der Waals surface area contributed by atoms with Crippen LogP contribution in [0.25, 0.3) is 0 Å². The van der Waals surface area contributed by atoms with Crippen LogP contribution >= 0.6 is 0 Å². The second-order valence-electron chi connectivity index (χ2n) is 8.95. The number of likely N-dealkylation sites (N-methyl/N-ethyl adjacent to an activating group) is 1. The molecule has 3 amide bonds. The quantitative estimate of drug-likeness (QED) is 0.722. The standard InChI is InChI=1S/C23H29N7O2/c1-28-11-12-30(23(28)32)18-3-2-10-29(14-18)19-13-25-20(21(24)31)22(27-19)26-17-8-6-16(7-9-17)15-4-5-15/h6-9,13,15,18H,2-5,10-12,14H2,1H3,(H2,24,31)(H,26,27)/t18-/m1/s1. The number of hydrogen-bond donors (Lipinski definition) is 2. The minimum absolute atomic E-state index is 0.0870. The van der Waals surface area contributed by atoms with E-state index in [2.05, 4.69) is 27.3 Å². The van der Waals surface area contributed by atoms with Gasteiger partial charge in [0.2, 0.25) is 0 Å². The summed E-state index contributed by atoms with van der Waals surface area (Å²) in [6.45, 7) is 3.04. The zero-order valence-corrected chi connectivity index (χ0v) is 18.3. The molecular weight excluding hydrogens is 406 g/mol. The number of primary amides is 1. The summed E-state index contributed by atoms with van der Waals surface area (Å²) >= 11 is 0. The first-order valence-corrected chi connectivity index (χ1v) is 11.3. The molecule has 2 aliphatic heterocycles. The molecule has 32 heavy (non-hydrogen) atoms. The molecule has 3 aliphatic rings. The third-order valence-corrected chi connectivity index (χ3v) is 6.63. The van der Waals surface area contributed by atoms with E-state index in [9.17, 15) is 9.59 Å². The largest absolute Gasteiger partial charge is 0.364 e. The summed E-state index contributed by atoms with van der Waals surface area (Å²) in [7, 11) is 1.84. The Hall–Kier alpha value is -3.36. The number of urea groups is 1. The van der Waals surface area contributed by atoms with E-state index in [-0.39, 0.29) is 17.8 Å². The predicted molar refractivity (Wildman–Crippen MR) is 122 cm³/mol. The van der Waals surface area contributed by atoms with Gasteiger partial charge in [0.25, 0.3) is 5.91 Å². The predicted octanol–water partition coefficient (Wildman–Crippen LogP) is 2.53. The molecule has 2 aromatic rings. The van der Waals surface area contributed by atoms with E-state index in [0.717, 1.165) is 38.2 Å².